The van der Waals surface area contributed by atoms with Crippen molar-refractivity contribution in [3.8, 4) is 0 Å². The van der Waals surface area contributed by atoms with Crippen molar-refractivity contribution in [2.24, 2.45) is 11.8 Å². The molecule has 2 nitrogen and oxygen atoms in total. The Balaban J connectivity index is 1.89. The topological polar surface area (TPSA) is 23.5 Å². The molecule has 0 aromatic carbocycles. The second-order valence-electron chi connectivity index (χ2n) is 5.72. The van der Waals surface area contributed by atoms with E-state index in [1.54, 1.807) is 5.06 Å². The Labute approximate surface area is 100.0 Å². The highest BCUT2D eigenvalue weighted by Gasteiger charge is 2.38. The van der Waals surface area contributed by atoms with Gasteiger partial charge in [-0.3, -0.25) is 0 Å². The predicted molar refractivity (Wildman–Crippen MR) is 66.5 cm³/mol. The molecule has 0 aromatic heterocycles. The molecule has 1 saturated heterocycles. The Hall–Kier alpha value is -0.0800. The maximum atomic E-state index is 10.0. The smallest absolute Gasteiger partial charge is 0.0381 e. The Kier molecular flexibility index (Phi) is 4.66. The highest BCUT2D eigenvalue weighted by Crippen LogP contribution is 2.40. The Morgan fingerprint density at radius 1 is 1.12 bits per heavy atom. The zero-order chi connectivity index (χ0) is 11.4. The lowest BCUT2D eigenvalue weighted by atomic mass is 9.70. The molecule has 1 aliphatic heterocycles. The van der Waals surface area contributed by atoms with E-state index in [4.69, 9.17) is 0 Å². The largest absolute Gasteiger partial charge is 0.314 e. The van der Waals surface area contributed by atoms with Crippen LogP contribution >= 0.6 is 0 Å². The lowest BCUT2D eigenvalue weighted by Crippen LogP contribution is -2.48. The molecule has 0 radical (unpaired) electrons. The van der Waals surface area contributed by atoms with Crippen molar-refractivity contribution < 1.29 is 5.21 Å². The molecule has 1 aliphatic carbocycles. The summed E-state index contributed by atoms with van der Waals surface area (Å²) in [7, 11) is 0. The van der Waals surface area contributed by atoms with Gasteiger partial charge in [-0.15, -0.1) is 0 Å². The van der Waals surface area contributed by atoms with Crippen molar-refractivity contribution >= 4 is 0 Å². The summed E-state index contributed by atoms with van der Waals surface area (Å²) in [5.74, 6) is 1.72. The average Bonchev–Trinajstić information content (AvgIpc) is 2.32. The van der Waals surface area contributed by atoms with Gasteiger partial charge in [0.1, 0.15) is 0 Å². The van der Waals surface area contributed by atoms with E-state index in [2.05, 4.69) is 6.92 Å². The molecular weight excluding hydrogens is 198 g/mol. The number of rotatable bonds is 4. The summed E-state index contributed by atoms with van der Waals surface area (Å²) in [4.78, 5) is 0. The fraction of sp³-hybridized carbons (Fsp3) is 1.00. The zero-order valence-electron chi connectivity index (χ0n) is 10.7. The maximum absolute atomic E-state index is 10.0. The Bertz CT molecular complexity index is 207. The lowest BCUT2D eigenvalue weighted by Gasteiger charge is -2.45. The van der Waals surface area contributed by atoms with E-state index < -0.39 is 0 Å². The number of hydroxylamine groups is 2. The van der Waals surface area contributed by atoms with E-state index in [9.17, 15) is 5.21 Å². The molecule has 0 bridgehead atoms. The monoisotopic (exact) mass is 225 g/mol. The van der Waals surface area contributed by atoms with Gasteiger partial charge in [-0.25, -0.2) is 0 Å². The molecule has 3 unspecified atom stereocenters. The van der Waals surface area contributed by atoms with Crippen LogP contribution in [0.25, 0.3) is 0 Å². The summed E-state index contributed by atoms with van der Waals surface area (Å²) in [6.45, 7) is 3.17. The molecule has 0 amide bonds. The van der Waals surface area contributed by atoms with Crippen molar-refractivity contribution in [1.29, 1.82) is 0 Å². The average molecular weight is 225 g/mol. The predicted octanol–water partition coefficient (Wildman–Crippen LogP) is 3.84. The molecule has 1 N–H and O–H groups in total. The molecule has 0 aromatic rings. The van der Waals surface area contributed by atoms with Crippen molar-refractivity contribution in [2.45, 2.75) is 70.8 Å². The molecule has 2 aliphatic rings. The maximum Gasteiger partial charge on any atom is 0.0381 e. The summed E-state index contributed by atoms with van der Waals surface area (Å²) in [5, 5.41) is 11.7. The van der Waals surface area contributed by atoms with Crippen LogP contribution < -0.4 is 0 Å². The molecule has 16 heavy (non-hydrogen) atoms. The minimum atomic E-state index is 0.477. The summed E-state index contributed by atoms with van der Waals surface area (Å²) in [5.41, 5.74) is 0. The summed E-state index contributed by atoms with van der Waals surface area (Å²) >= 11 is 0. The highest BCUT2D eigenvalue weighted by atomic mass is 16.5. The number of unbranched alkanes of at least 4 members (excludes halogenated alkanes) is 2. The second-order valence-corrected chi connectivity index (χ2v) is 5.72. The van der Waals surface area contributed by atoms with Crippen LogP contribution in [0.5, 0.6) is 0 Å². The van der Waals surface area contributed by atoms with E-state index in [1.165, 1.54) is 57.8 Å². The van der Waals surface area contributed by atoms with Gasteiger partial charge in [0.15, 0.2) is 0 Å². The summed E-state index contributed by atoms with van der Waals surface area (Å²) < 4.78 is 0. The molecular formula is C14H27NO. The normalized spacial score (nSPS) is 36.0. The van der Waals surface area contributed by atoms with Gasteiger partial charge in [-0.2, -0.15) is 5.06 Å². The van der Waals surface area contributed by atoms with E-state index in [0.29, 0.717) is 6.04 Å². The molecule has 0 spiro atoms. The van der Waals surface area contributed by atoms with Gasteiger partial charge in [-0.1, -0.05) is 45.4 Å². The first-order valence-electron chi connectivity index (χ1n) is 7.28. The number of piperidine rings is 1. The van der Waals surface area contributed by atoms with Crippen molar-refractivity contribution in [1.82, 2.24) is 5.06 Å². The molecule has 1 heterocycles. The minimum Gasteiger partial charge on any atom is -0.314 e. The van der Waals surface area contributed by atoms with E-state index in [0.717, 1.165) is 18.4 Å². The zero-order valence-corrected chi connectivity index (χ0v) is 10.7. The number of hydrogen-bond acceptors (Lipinski definition) is 2. The standard InChI is InChI=1S/C14H27NO/c1-2-3-4-9-14-13-8-6-5-7-12(13)10-11-15(14)16/h12-14,16H,2-11H2,1H3. The third kappa shape index (κ3) is 2.78. The van der Waals surface area contributed by atoms with E-state index in [1.807, 2.05) is 0 Å². The SMILES string of the molecule is CCCCCC1C2CCCCC2CCN1O. The second kappa shape index (κ2) is 6.02. The number of nitrogens with zero attached hydrogens (tertiary/aromatic N) is 1. The molecule has 1 saturated carbocycles. The van der Waals surface area contributed by atoms with Crippen molar-refractivity contribution in [3.63, 3.8) is 0 Å². The van der Waals surface area contributed by atoms with Gasteiger partial charge in [-0.05, 0) is 31.1 Å². The third-order valence-electron chi connectivity index (χ3n) is 4.68. The first-order chi connectivity index (χ1) is 7.83. The van der Waals surface area contributed by atoms with E-state index >= 15 is 0 Å². The van der Waals surface area contributed by atoms with Crippen molar-refractivity contribution in [3.05, 3.63) is 0 Å². The van der Waals surface area contributed by atoms with Crippen LogP contribution in [0.15, 0.2) is 0 Å². The molecule has 94 valence electrons. The van der Waals surface area contributed by atoms with Crippen LogP contribution in [0, 0.1) is 11.8 Å². The van der Waals surface area contributed by atoms with E-state index in [-0.39, 0.29) is 0 Å². The number of fused-ring (bicyclic) bond motifs is 1. The van der Waals surface area contributed by atoms with Crippen LogP contribution in [0.1, 0.15) is 64.7 Å². The first-order valence-corrected chi connectivity index (χ1v) is 7.28. The number of hydrogen-bond donors (Lipinski definition) is 1. The summed E-state index contributed by atoms with van der Waals surface area (Å²) in [6.07, 6.45) is 11.9. The fourth-order valence-electron chi connectivity index (χ4n) is 3.75. The van der Waals surface area contributed by atoms with Gasteiger partial charge < -0.3 is 5.21 Å². The van der Waals surface area contributed by atoms with Crippen LogP contribution in [0.2, 0.25) is 0 Å². The molecule has 2 fully saturated rings. The molecule has 2 heteroatoms. The molecule has 3 atom stereocenters. The van der Waals surface area contributed by atoms with Crippen molar-refractivity contribution in [2.75, 3.05) is 6.54 Å². The third-order valence-corrected chi connectivity index (χ3v) is 4.68. The lowest BCUT2D eigenvalue weighted by molar-refractivity contribution is -0.178. The van der Waals surface area contributed by atoms with Gasteiger partial charge in [0.2, 0.25) is 0 Å². The summed E-state index contributed by atoms with van der Waals surface area (Å²) in [6, 6.07) is 0.477. The van der Waals surface area contributed by atoms with Gasteiger partial charge >= 0.3 is 0 Å². The first kappa shape index (κ1) is 12.4. The van der Waals surface area contributed by atoms with Crippen LogP contribution in [0.4, 0.5) is 0 Å². The van der Waals surface area contributed by atoms with Gasteiger partial charge in [0.05, 0.1) is 0 Å². The Morgan fingerprint density at radius 3 is 2.75 bits per heavy atom. The Morgan fingerprint density at radius 2 is 1.94 bits per heavy atom. The quantitative estimate of drug-likeness (QED) is 0.735. The highest BCUT2D eigenvalue weighted by molar-refractivity contribution is 4.88. The molecule has 2 rings (SSSR count). The van der Waals surface area contributed by atoms with Crippen LogP contribution in [0.3, 0.4) is 0 Å². The van der Waals surface area contributed by atoms with Crippen LogP contribution in [-0.2, 0) is 0 Å². The van der Waals surface area contributed by atoms with Gasteiger partial charge in [0.25, 0.3) is 0 Å². The minimum absolute atomic E-state index is 0.477. The van der Waals surface area contributed by atoms with Crippen LogP contribution in [-0.4, -0.2) is 22.9 Å². The fourth-order valence-corrected chi connectivity index (χ4v) is 3.75. The van der Waals surface area contributed by atoms with Gasteiger partial charge in [0, 0.05) is 12.6 Å².